The molecule has 0 fully saturated rings. The van der Waals surface area contributed by atoms with Gasteiger partial charge >= 0.3 is 0 Å². The number of aryl methyl sites for hydroxylation is 1. The maximum absolute atomic E-state index is 12.4. The molecule has 1 atom stereocenters. The van der Waals surface area contributed by atoms with Crippen LogP contribution in [0.4, 0.5) is 10.8 Å². The van der Waals surface area contributed by atoms with Gasteiger partial charge in [0.1, 0.15) is 17.3 Å². The zero-order chi connectivity index (χ0) is 18.5. The number of carbonyl (C=O) groups excluding carboxylic acids is 2. The molecule has 3 rings (SSSR count). The van der Waals surface area contributed by atoms with Crippen LogP contribution in [0.2, 0.25) is 0 Å². The minimum absolute atomic E-state index is 0.0890. The molecule has 1 N–H and O–H groups in total. The van der Waals surface area contributed by atoms with Crippen LogP contribution in [0.25, 0.3) is 0 Å². The molecule has 0 radical (unpaired) electrons. The summed E-state index contributed by atoms with van der Waals surface area (Å²) in [5.74, 6) is 0.0522. The van der Waals surface area contributed by atoms with Crippen LogP contribution in [0.1, 0.15) is 38.1 Å². The normalized spacial score (nSPS) is 16.2. The Morgan fingerprint density at radius 3 is 2.92 bits per heavy atom. The smallest absolute Gasteiger partial charge is 0.268 e. The van der Waals surface area contributed by atoms with E-state index in [0.29, 0.717) is 16.6 Å². The molecule has 1 unspecified atom stereocenters. The van der Waals surface area contributed by atoms with E-state index in [1.54, 1.807) is 19.1 Å². The molecular weight excluding hydrogens is 352 g/mol. The van der Waals surface area contributed by atoms with Crippen molar-refractivity contribution in [1.29, 1.82) is 0 Å². The van der Waals surface area contributed by atoms with Crippen LogP contribution in [0.5, 0.6) is 5.75 Å². The molecule has 1 aromatic carbocycles. The van der Waals surface area contributed by atoms with E-state index in [1.807, 2.05) is 12.1 Å². The van der Waals surface area contributed by atoms with E-state index in [1.165, 1.54) is 16.2 Å². The number of benzene rings is 1. The Morgan fingerprint density at radius 1 is 1.31 bits per heavy atom. The Morgan fingerprint density at radius 2 is 2.12 bits per heavy atom. The third kappa shape index (κ3) is 4.19. The number of nitrogens with zero attached hydrogens (tertiary/aromatic N) is 3. The van der Waals surface area contributed by atoms with Gasteiger partial charge in [-0.25, -0.2) is 0 Å². The fourth-order valence-electron chi connectivity index (χ4n) is 2.76. The number of anilines is 2. The summed E-state index contributed by atoms with van der Waals surface area (Å²) in [6.45, 7) is 3.74. The average Bonchev–Trinajstić information content (AvgIpc) is 3.06. The second-order valence-corrected chi connectivity index (χ2v) is 7.22. The molecular formula is C18H22N4O3S. The largest absolute Gasteiger partial charge is 0.479 e. The fraction of sp³-hybridized carbons (Fsp3) is 0.444. The topological polar surface area (TPSA) is 84.4 Å². The molecule has 1 aliphatic rings. The predicted molar refractivity (Wildman–Crippen MR) is 101 cm³/mol. The first kappa shape index (κ1) is 18.3. The summed E-state index contributed by atoms with van der Waals surface area (Å²) in [7, 11) is 0. The van der Waals surface area contributed by atoms with Crippen molar-refractivity contribution in [2.75, 3.05) is 16.8 Å². The highest BCUT2D eigenvalue weighted by molar-refractivity contribution is 7.15. The molecule has 1 aromatic heterocycles. The molecule has 2 aromatic rings. The van der Waals surface area contributed by atoms with Gasteiger partial charge in [-0.15, -0.1) is 10.2 Å². The van der Waals surface area contributed by atoms with Gasteiger partial charge in [0, 0.05) is 6.42 Å². The molecule has 0 bridgehead atoms. The molecule has 138 valence electrons. The molecule has 2 heterocycles. The van der Waals surface area contributed by atoms with Gasteiger partial charge in [0.2, 0.25) is 11.0 Å². The van der Waals surface area contributed by atoms with Crippen molar-refractivity contribution in [3.05, 3.63) is 29.3 Å². The van der Waals surface area contributed by atoms with Crippen LogP contribution in [0, 0.1) is 0 Å². The standard InChI is InChI=1S/C18H22N4O3S/c1-3-4-5-10-16-20-21-18(26-16)19-15(23)11-22-13-8-6-7-9-14(13)25-12(2)17(22)24/h6-9,12H,3-5,10-11H2,1-2H3,(H,19,21,23). The van der Waals surface area contributed by atoms with Crippen molar-refractivity contribution < 1.29 is 14.3 Å². The number of unbranched alkanes of at least 4 members (excludes halogenated alkanes) is 2. The molecule has 8 heteroatoms. The van der Waals surface area contributed by atoms with Gasteiger partial charge in [-0.3, -0.25) is 19.8 Å². The number of carbonyl (C=O) groups is 2. The lowest BCUT2D eigenvalue weighted by atomic mass is 10.2. The van der Waals surface area contributed by atoms with E-state index in [2.05, 4.69) is 22.4 Å². The Bertz CT molecular complexity index is 792. The summed E-state index contributed by atoms with van der Waals surface area (Å²) in [4.78, 5) is 26.3. The zero-order valence-electron chi connectivity index (χ0n) is 14.9. The van der Waals surface area contributed by atoms with Gasteiger partial charge in [-0.2, -0.15) is 0 Å². The fourth-order valence-corrected chi connectivity index (χ4v) is 3.55. The van der Waals surface area contributed by atoms with Crippen molar-refractivity contribution >= 4 is 34.0 Å². The van der Waals surface area contributed by atoms with E-state index in [0.717, 1.165) is 30.7 Å². The van der Waals surface area contributed by atoms with Crippen LogP contribution < -0.4 is 15.0 Å². The van der Waals surface area contributed by atoms with Gasteiger partial charge in [0.15, 0.2) is 6.10 Å². The Hall–Kier alpha value is -2.48. The van der Waals surface area contributed by atoms with Crippen LogP contribution in [0.3, 0.4) is 0 Å². The first-order chi connectivity index (χ1) is 12.6. The van der Waals surface area contributed by atoms with E-state index in [4.69, 9.17) is 4.74 Å². The van der Waals surface area contributed by atoms with Crippen LogP contribution in [-0.4, -0.2) is 34.7 Å². The highest BCUT2D eigenvalue weighted by Crippen LogP contribution is 2.33. The van der Waals surface area contributed by atoms with E-state index in [-0.39, 0.29) is 18.4 Å². The van der Waals surface area contributed by atoms with Crippen LogP contribution >= 0.6 is 11.3 Å². The summed E-state index contributed by atoms with van der Waals surface area (Å²) < 4.78 is 5.58. The van der Waals surface area contributed by atoms with Crippen LogP contribution in [-0.2, 0) is 16.0 Å². The van der Waals surface area contributed by atoms with Gasteiger partial charge in [0.05, 0.1) is 5.69 Å². The van der Waals surface area contributed by atoms with E-state index < -0.39 is 6.10 Å². The minimum atomic E-state index is -0.621. The van der Waals surface area contributed by atoms with Crippen molar-refractivity contribution in [2.45, 2.75) is 45.6 Å². The molecule has 26 heavy (non-hydrogen) atoms. The maximum Gasteiger partial charge on any atom is 0.268 e. The number of nitrogens with one attached hydrogen (secondary N) is 1. The number of hydrogen-bond acceptors (Lipinski definition) is 6. The van der Waals surface area contributed by atoms with Crippen molar-refractivity contribution in [3.8, 4) is 5.75 Å². The minimum Gasteiger partial charge on any atom is -0.479 e. The lowest BCUT2D eigenvalue weighted by Crippen LogP contribution is -2.47. The lowest BCUT2D eigenvalue weighted by molar-refractivity contribution is -0.127. The quantitative estimate of drug-likeness (QED) is 0.753. The number of fused-ring (bicyclic) bond motifs is 1. The predicted octanol–water partition coefficient (Wildman–Crippen LogP) is 3.02. The zero-order valence-corrected chi connectivity index (χ0v) is 15.7. The van der Waals surface area contributed by atoms with Gasteiger partial charge in [-0.05, 0) is 25.5 Å². The summed E-state index contributed by atoms with van der Waals surface area (Å²) in [5, 5.41) is 12.2. The third-order valence-corrected chi connectivity index (χ3v) is 4.98. The molecule has 2 amide bonds. The first-order valence-corrected chi connectivity index (χ1v) is 9.59. The molecule has 0 aliphatic carbocycles. The SMILES string of the molecule is CCCCCc1nnc(NC(=O)CN2C(=O)C(C)Oc3ccccc32)s1. The molecule has 1 aliphatic heterocycles. The summed E-state index contributed by atoms with van der Waals surface area (Å²) in [6.07, 6.45) is 3.61. The Kier molecular flexibility index (Phi) is 5.82. The van der Waals surface area contributed by atoms with Gasteiger partial charge in [-0.1, -0.05) is 43.2 Å². The summed E-state index contributed by atoms with van der Waals surface area (Å²) >= 11 is 1.38. The average molecular weight is 374 g/mol. The number of rotatable bonds is 7. The monoisotopic (exact) mass is 374 g/mol. The highest BCUT2D eigenvalue weighted by atomic mass is 32.1. The molecule has 0 saturated carbocycles. The second-order valence-electron chi connectivity index (χ2n) is 6.16. The maximum atomic E-state index is 12.4. The molecule has 7 nitrogen and oxygen atoms in total. The van der Waals surface area contributed by atoms with E-state index in [9.17, 15) is 9.59 Å². The summed E-state index contributed by atoms with van der Waals surface area (Å²) in [6, 6.07) is 7.20. The van der Waals surface area contributed by atoms with Crippen LogP contribution in [0.15, 0.2) is 24.3 Å². The van der Waals surface area contributed by atoms with E-state index >= 15 is 0 Å². The lowest BCUT2D eigenvalue weighted by Gasteiger charge is -2.32. The second kappa shape index (κ2) is 8.27. The number of hydrogen-bond donors (Lipinski definition) is 1. The Balaban J connectivity index is 1.64. The van der Waals surface area contributed by atoms with Gasteiger partial charge < -0.3 is 4.74 Å². The highest BCUT2D eigenvalue weighted by Gasteiger charge is 2.32. The van der Waals surface area contributed by atoms with Gasteiger partial charge in [0.25, 0.3) is 5.91 Å². The third-order valence-electron chi connectivity index (χ3n) is 4.08. The summed E-state index contributed by atoms with van der Waals surface area (Å²) in [5.41, 5.74) is 0.600. The number of ether oxygens (including phenoxy) is 1. The van der Waals surface area contributed by atoms with Crippen molar-refractivity contribution in [1.82, 2.24) is 10.2 Å². The Labute approximate surface area is 156 Å². The first-order valence-electron chi connectivity index (χ1n) is 8.77. The van der Waals surface area contributed by atoms with Crippen molar-refractivity contribution in [3.63, 3.8) is 0 Å². The number of amides is 2. The molecule has 0 spiro atoms. The molecule has 0 saturated heterocycles. The number of para-hydroxylation sites is 2. The van der Waals surface area contributed by atoms with Crippen molar-refractivity contribution in [2.24, 2.45) is 0 Å². The number of aromatic nitrogens is 2.